The first-order valence-corrected chi connectivity index (χ1v) is 4.96. The molecule has 0 saturated heterocycles. The molecule has 0 aliphatic heterocycles. The quantitative estimate of drug-likeness (QED) is 0.639. The van der Waals surface area contributed by atoms with Crippen LogP contribution in [0.15, 0.2) is 18.2 Å². The zero-order valence-corrected chi connectivity index (χ0v) is 10.1. The average molecular weight is 269 g/mol. The molecule has 9 nitrogen and oxygen atoms in total. The molecule has 2 N–H and O–H groups in total. The van der Waals surface area contributed by atoms with Gasteiger partial charge in [-0.3, -0.25) is 20.7 Å². The van der Waals surface area contributed by atoms with Gasteiger partial charge in [0.15, 0.2) is 0 Å². The summed E-state index contributed by atoms with van der Waals surface area (Å²) in [5.41, 5.74) is -0.213. The van der Waals surface area contributed by atoms with E-state index in [0.29, 0.717) is 0 Å². The van der Waals surface area contributed by atoms with Crippen molar-refractivity contribution < 1.29 is 24.0 Å². The largest absolute Gasteiger partial charge is 0.453 e. The first kappa shape index (κ1) is 14.2. The molecule has 0 heterocycles. The first-order chi connectivity index (χ1) is 8.97. The first-order valence-electron chi connectivity index (χ1n) is 4.96. The Kier molecular flexibility index (Phi) is 4.63. The third-order valence-electron chi connectivity index (χ3n) is 2.05. The van der Waals surface area contributed by atoms with Crippen LogP contribution in [0.3, 0.4) is 0 Å². The smallest absolute Gasteiger partial charge is 0.411 e. The van der Waals surface area contributed by atoms with E-state index in [1.165, 1.54) is 19.2 Å². The van der Waals surface area contributed by atoms with E-state index < -0.39 is 17.1 Å². The summed E-state index contributed by atoms with van der Waals surface area (Å²) in [5, 5.41) is 15.3. The minimum absolute atomic E-state index is 0.106. The Balaban J connectivity index is 3.07. The van der Waals surface area contributed by atoms with E-state index in [1.54, 1.807) is 0 Å². The molecule has 0 saturated carbocycles. The predicted octanol–water partition coefficient (Wildman–Crippen LogP) is 1.95. The minimum Gasteiger partial charge on any atom is -0.453 e. The number of nitro benzene ring substituents is 1. The molecule has 1 aromatic carbocycles. The molecule has 0 aliphatic rings. The highest BCUT2D eigenvalue weighted by molar-refractivity contribution is 5.91. The fourth-order valence-electron chi connectivity index (χ4n) is 1.20. The molecule has 0 bridgehead atoms. The van der Waals surface area contributed by atoms with Crippen LogP contribution < -0.4 is 10.6 Å². The van der Waals surface area contributed by atoms with Gasteiger partial charge < -0.3 is 9.47 Å². The topological polar surface area (TPSA) is 120 Å². The average Bonchev–Trinajstić information content (AvgIpc) is 2.38. The number of hydrogen-bond donors (Lipinski definition) is 2. The lowest BCUT2D eigenvalue weighted by molar-refractivity contribution is -0.383. The number of nitrogens with zero attached hydrogens (tertiary/aromatic N) is 1. The molecule has 19 heavy (non-hydrogen) atoms. The number of nitrogens with one attached hydrogen (secondary N) is 2. The van der Waals surface area contributed by atoms with Crippen molar-refractivity contribution in [1.29, 1.82) is 0 Å². The number of nitro groups is 1. The Morgan fingerprint density at radius 2 is 1.74 bits per heavy atom. The normalized spacial score (nSPS) is 9.37. The monoisotopic (exact) mass is 269 g/mol. The fourth-order valence-corrected chi connectivity index (χ4v) is 1.20. The van der Waals surface area contributed by atoms with Gasteiger partial charge in [0, 0.05) is 11.8 Å². The Morgan fingerprint density at radius 1 is 1.16 bits per heavy atom. The lowest BCUT2D eigenvalue weighted by Crippen LogP contribution is -2.14. The Labute approximate surface area is 107 Å². The van der Waals surface area contributed by atoms with E-state index in [-0.39, 0.29) is 17.1 Å². The number of hydrogen-bond acceptors (Lipinski definition) is 6. The molecule has 0 atom stereocenters. The number of ether oxygens (including phenoxy) is 2. The SMILES string of the molecule is COC(=O)Nc1ccc([N+](=O)[O-])c(NC(=O)OC)c1. The van der Waals surface area contributed by atoms with E-state index in [1.807, 2.05) is 0 Å². The number of anilines is 2. The maximum absolute atomic E-state index is 11.1. The van der Waals surface area contributed by atoms with Gasteiger partial charge in [-0.2, -0.15) is 0 Å². The molecular weight excluding hydrogens is 258 g/mol. The van der Waals surface area contributed by atoms with Crippen molar-refractivity contribution >= 4 is 29.2 Å². The Bertz CT molecular complexity index is 516. The van der Waals surface area contributed by atoms with Crippen LogP contribution in [0.5, 0.6) is 0 Å². The van der Waals surface area contributed by atoms with Crippen LogP contribution in [-0.2, 0) is 9.47 Å². The van der Waals surface area contributed by atoms with Crippen LogP contribution in [0.4, 0.5) is 26.7 Å². The van der Waals surface area contributed by atoms with E-state index in [9.17, 15) is 19.7 Å². The number of benzene rings is 1. The second-order valence-electron chi connectivity index (χ2n) is 3.22. The molecule has 0 aromatic heterocycles. The Hall–Kier alpha value is -2.84. The van der Waals surface area contributed by atoms with Gasteiger partial charge in [0.05, 0.1) is 19.1 Å². The van der Waals surface area contributed by atoms with Gasteiger partial charge in [-0.25, -0.2) is 9.59 Å². The number of amides is 2. The maximum atomic E-state index is 11.1. The minimum atomic E-state index is -0.863. The molecule has 0 fully saturated rings. The van der Waals surface area contributed by atoms with Gasteiger partial charge in [-0.05, 0) is 12.1 Å². The number of carbonyl (C=O) groups is 2. The van der Waals surface area contributed by atoms with E-state index in [2.05, 4.69) is 20.1 Å². The molecule has 0 radical (unpaired) electrons. The van der Waals surface area contributed by atoms with Crippen LogP contribution in [0.25, 0.3) is 0 Å². The number of carbonyl (C=O) groups excluding carboxylic acids is 2. The lowest BCUT2D eigenvalue weighted by Gasteiger charge is -2.08. The molecular formula is C10H11N3O6. The molecule has 0 spiro atoms. The van der Waals surface area contributed by atoms with Crippen molar-refractivity contribution in [2.45, 2.75) is 0 Å². The van der Waals surface area contributed by atoms with Gasteiger partial charge in [0.1, 0.15) is 5.69 Å². The van der Waals surface area contributed by atoms with Crippen molar-refractivity contribution in [3.63, 3.8) is 0 Å². The van der Waals surface area contributed by atoms with Crippen LogP contribution in [-0.4, -0.2) is 31.3 Å². The summed E-state index contributed by atoms with van der Waals surface area (Å²) in [6, 6.07) is 3.65. The zero-order valence-electron chi connectivity index (χ0n) is 10.1. The third kappa shape index (κ3) is 3.84. The van der Waals surface area contributed by atoms with Crippen molar-refractivity contribution in [3.8, 4) is 0 Å². The van der Waals surface area contributed by atoms with Crippen molar-refractivity contribution in [1.82, 2.24) is 0 Å². The highest BCUT2D eigenvalue weighted by atomic mass is 16.6. The molecule has 102 valence electrons. The summed E-state index contributed by atoms with van der Waals surface area (Å²) in [5.74, 6) is 0. The maximum Gasteiger partial charge on any atom is 0.411 e. The van der Waals surface area contributed by atoms with E-state index in [4.69, 9.17) is 0 Å². The van der Waals surface area contributed by atoms with Crippen LogP contribution in [0.1, 0.15) is 0 Å². The standard InChI is InChI=1S/C10H11N3O6/c1-18-9(14)11-6-3-4-8(13(16)17)7(5-6)12-10(15)19-2/h3-5H,1-2H3,(H,11,14)(H,12,15). The predicted molar refractivity (Wildman–Crippen MR) is 65.2 cm³/mol. The van der Waals surface area contributed by atoms with Crippen molar-refractivity contribution in [3.05, 3.63) is 28.3 Å². The van der Waals surface area contributed by atoms with Crippen LogP contribution in [0.2, 0.25) is 0 Å². The molecule has 1 rings (SSSR count). The summed E-state index contributed by atoms with van der Waals surface area (Å²) in [6.45, 7) is 0. The van der Waals surface area contributed by atoms with Gasteiger partial charge in [0.25, 0.3) is 5.69 Å². The third-order valence-corrected chi connectivity index (χ3v) is 2.05. The van der Waals surface area contributed by atoms with Crippen LogP contribution in [0, 0.1) is 10.1 Å². The number of methoxy groups -OCH3 is 2. The van der Waals surface area contributed by atoms with Gasteiger partial charge in [0.2, 0.25) is 0 Å². The second-order valence-corrected chi connectivity index (χ2v) is 3.22. The summed E-state index contributed by atoms with van der Waals surface area (Å²) in [4.78, 5) is 32.2. The van der Waals surface area contributed by atoms with Gasteiger partial charge in [-0.1, -0.05) is 0 Å². The van der Waals surface area contributed by atoms with Gasteiger partial charge >= 0.3 is 12.2 Å². The fraction of sp³-hybridized carbons (Fsp3) is 0.200. The molecule has 2 amide bonds. The second kappa shape index (κ2) is 6.19. The number of rotatable bonds is 3. The molecule has 1 aromatic rings. The van der Waals surface area contributed by atoms with Crippen molar-refractivity contribution in [2.24, 2.45) is 0 Å². The van der Waals surface area contributed by atoms with E-state index in [0.717, 1.165) is 13.2 Å². The Morgan fingerprint density at radius 3 is 2.26 bits per heavy atom. The summed E-state index contributed by atoms with van der Waals surface area (Å²) < 4.78 is 8.72. The summed E-state index contributed by atoms with van der Waals surface area (Å²) in [7, 11) is 2.30. The molecule has 9 heteroatoms. The molecule has 0 aliphatic carbocycles. The highest BCUT2D eigenvalue weighted by Gasteiger charge is 2.17. The van der Waals surface area contributed by atoms with Crippen LogP contribution >= 0.6 is 0 Å². The lowest BCUT2D eigenvalue weighted by atomic mass is 10.2. The van der Waals surface area contributed by atoms with E-state index >= 15 is 0 Å². The zero-order chi connectivity index (χ0) is 14.4. The summed E-state index contributed by atoms with van der Waals surface area (Å²) >= 11 is 0. The highest BCUT2D eigenvalue weighted by Crippen LogP contribution is 2.27. The molecule has 0 unspecified atom stereocenters. The van der Waals surface area contributed by atoms with Gasteiger partial charge in [-0.15, -0.1) is 0 Å². The van der Waals surface area contributed by atoms with Crippen molar-refractivity contribution in [2.75, 3.05) is 24.9 Å². The summed E-state index contributed by atoms with van der Waals surface area (Å²) in [6.07, 6.45) is -1.60.